The largest absolute Gasteiger partial charge is 0.465 e. The summed E-state index contributed by atoms with van der Waals surface area (Å²) in [7, 11) is 0. The van der Waals surface area contributed by atoms with Gasteiger partial charge >= 0.3 is 5.97 Å². The first-order chi connectivity index (χ1) is 10.1. The molecule has 2 aliphatic rings. The summed E-state index contributed by atoms with van der Waals surface area (Å²) in [6, 6.07) is 0. The lowest BCUT2D eigenvalue weighted by Crippen LogP contribution is -2.40. The Balaban J connectivity index is 2.18. The van der Waals surface area contributed by atoms with Crippen LogP contribution in [0.1, 0.15) is 45.4 Å². The minimum absolute atomic E-state index is 0.00370. The predicted octanol–water partition coefficient (Wildman–Crippen LogP) is 4.59. The highest BCUT2D eigenvalue weighted by atomic mass is 16.5. The number of rotatable bonds is 3. The fourth-order valence-corrected chi connectivity index (χ4v) is 3.56. The quantitative estimate of drug-likeness (QED) is 0.431. The number of carbonyl (C=O) groups is 1. The van der Waals surface area contributed by atoms with Gasteiger partial charge in [-0.05, 0) is 57.4 Å². The van der Waals surface area contributed by atoms with Crippen LogP contribution in [0.25, 0.3) is 0 Å². The van der Waals surface area contributed by atoms with E-state index < -0.39 is 0 Å². The van der Waals surface area contributed by atoms with Crippen molar-refractivity contribution in [3.05, 3.63) is 42.2 Å². The molecule has 1 fully saturated rings. The molecule has 2 heteroatoms. The van der Waals surface area contributed by atoms with Crippen molar-refractivity contribution in [2.45, 2.75) is 45.4 Å². The van der Waals surface area contributed by atoms with Crippen molar-refractivity contribution in [3.8, 4) is 0 Å². The maximum atomic E-state index is 12.2. The number of esters is 1. The number of cyclic esters (lactones) is 1. The lowest BCUT2D eigenvalue weighted by atomic mass is 9.72. The zero-order valence-corrected chi connectivity index (χ0v) is 13.1. The molecule has 1 aliphatic heterocycles. The normalized spacial score (nSPS) is 32.4. The molecular weight excluding hydrogens is 260 g/mol. The zero-order chi connectivity index (χ0) is 15.2. The molecule has 0 radical (unpaired) electrons. The van der Waals surface area contributed by atoms with Crippen molar-refractivity contribution >= 4 is 5.97 Å². The van der Waals surface area contributed by atoms with E-state index in [-0.39, 0.29) is 11.9 Å². The fraction of sp³-hybridized carbons (Fsp3) is 0.579. The lowest BCUT2D eigenvalue weighted by Gasteiger charge is -2.38. The number of hydrogen-bond acceptors (Lipinski definition) is 2. The van der Waals surface area contributed by atoms with Crippen LogP contribution >= 0.6 is 0 Å². The smallest absolute Gasteiger partial charge is 0.309 e. The maximum absolute atomic E-state index is 12.2. The Morgan fingerprint density at radius 3 is 3.05 bits per heavy atom. The summed E-state index contributed by atoms with van der Waals surface area (Å²) in [6.07, 6.45) is 10.1. The molecule has 1 saturated heterocycles. The summed E-state index contributed by atoms with van der Waals surface area (Å²) < 4.78 is 5.46. The van der Waals surface area contributed by atoms with Crippen LogP contribution in [-0.2, 0) is 9.53 Å². The van der Waals surface area contributed by atoms with Crippen LogP contribution in [0.5, 0.6) is 0 Å². The Morgan fingerprint density at radius 1 is 1.48 bits per heavy atom. The molecule has 0 aromatic carbocycles. The first-order valence-electron chi connectivity index (χ1n) is 7.97. The highest BCUT2D eigenvalue weighted by molar-refractivity contribution is 5.73. The van der Waals surface area contributed by atoms with Crippen LogP contribution in [0, 0.1) is 17.8 Å². The lowest BCUT2D eigenvalue weighted by molar-refractivity contribution is -0.160. The van der Waals surface area contributed by atoms with Gasteiger partial charge < -0.3 is 4.74 Å². The standard InChI is InChI=1S/C19H26O2/c1-4-5-6-10-17-16-12-11-14(2)8-7-9-15(3)18(16)13-21-19(17)20/h5,8,16-18H,1,3,6-7,9-13H2,2H3/b14-8+/t16-,17-,18+/m1/s1. The Labute approximate surface area is 128 Å². The molecule has 114 valence electrons. The van der Waals surface area contributed by atoms with Gasteiger partial charge in [-0.2, -0.15) is 0 Å². The van der Waals surface area contributed by atoms with E-state index in [0.717, 1.165) is 38.5 Å². The minimum atomic E-state index is -0.0256. The van der Waals surface area contributed by atoms with Gasteiger partial charge in [0, 0.05) is 5.92 Å². The third-order valence-corrected chi connectivity index (χ3v) is 4.86. The van der Waals surface area contributed by atoms with Crippen LogP contribution in [0.3, 0.4) is 0 Å². The number of hydrogen-bond donors (Lipinski definition) is 0. The van der Waals surface area contributed by atoms with Crippen molar-refractivity contribution in [1.82, 2.24) is 0 Å². The van der Waals surface area contributed by atoms with Crippen molar-refractivity contribution in [2.24, 2.45) is 17.8 Å². The van der Waals surface area contributed by atoms with Crippen LogP contribution in [0.2, 0.25) is 0 Å². The molecule has 2 rings (SSSR count). The first-order valence-corrected chi connectivity index (χ1v) is 7.97. The molecule has 0 bridgehead atoms. The number of fused-ring (bicyclic) bond motifs is 1. The Kier molecular flexibility index (Phi) is 5.64. The van der Waals surface area contributed by atoms with E-state index in [0.29, 0.717) is 18.4 Å². The third kappa shape index (κ3) is 3.98. The zero-order valence-electron chi connectivity index (χ0n) is 13.1. The summed E-state index contributed by atoms with van der Waals surface area (Å²) in [5.41, 5.74) is 5.48. The molecule has 0 amide bonds. The van der Waals surface area contributed by atoms with Gasteiger partial charge in [-0.15, -0.1) is 5.73 Å². The molecular formula is C19H26O2. The Bertz CT molecular complexity index is 480. The second-order valence-electron chi connectivity index (χ2n) is 6.28. The highest BCUT2D eigenvalue weighted by Crippen LogP contribution is 2.40. The summed E-state index contributed by atoms with van der Waals surface area (Å²) in [5.74, 6) is 0.677. The predicted molar refractivity (Wildman–Crippen MR) is 85.7 cm³/mol. The van der Waals surface area contributed by atoms with Crippen LogP contribution in [-0.4, -0.2) is 12.6 Å². The SMILES string of the molecule is C=C=CCC[C@H]1C(=O)OC[C@H]2C(=C)CC/C=C(\C)CC[C@@H]21. The van der Waals surface area contributed by atoms with Crippen LogP contribution in [0.15, 0.2) is 42.2 Å². The topological polar surface area (TPSA) is 26.3 Å². The summed E-state index contributed by atoms with van der Waals surface area (Å²) >= 11 is 0. The van der Waals surface area contributed by atoms with Gasteiger partial charge in [-0.25, -0.2) is 0 Å². The molecule has 0 aromatic heterocycles. The van der Waals surface area contributed by atoms with Gasteiger partial charge in [0.1, 0.15) is 0 Å². The van der Waals surface area contributed by atoms with E-state index in [2.05, 4.69) is 31.9 Å². The van der Waals surface area contributed by atoms with Gasteiger partial charge in [0.25, 0.3) is 0 Å². The monoisotopic (exact) mass is 286 g/mol. The van der Waals surface area contributed by atoms with E-state index in [4.69, 9.17) is 4.74 Å². The van der Waals surface area contributed by atoms with Crippen LogP contribution in [0.4, 0.5) is 0 Å². The summed E-state index contributed by atoms with van der Waals surface area (Å²) in [6.45, 7) is 10.6. The molecule has 0 aromatic rings. The molecule has 0 unspecified atom stereocenters. The van der Waals surface area contributed by atoms with Crippen molar-refractivity contribution in [3.63, 3.8) is 0 Å². The van der Waals surface area contributed by atoms with Gasteiger partial charge in [0.15, 0.2) is 0 Å². The minimum Gasteiger partial charge on any atom is -0.465 e. The maximum Gasteiger partial charge on any atom is 0.309 e. The second-order valence-corrected chi connectivity index (χ2v) is 6.28. The van der Waals surface area contributed by atoms with Gasteiger partial charge in [0.05, 0.1) is 12.5 Å². The van der Waals surface area contributed by atoms with Gasteiger partial charge in [-0.1, -0.05) is 30.4 Å². The van der Waals surface area contributed by atoms with E-state index in [1.54, 1.807) is 0 Å². The molecule has 0 saturated carbocycles. The average molecular weight is 286 g/mol. The van der Waals surface area contributed by atoms with E-state index in [9.17, 15) is 4.79 Å². The summed E-state index contributed by atoms with van der Waals surface area (Å²) in [5, 5.41) is 0. The van der Waals surface area contributed by atoms with E-state index in [1.807, 2.05) is 6.08 Å². The van der Waals surface area contributed by atoms with Crippen molar-refractivity contribution in [1.29, 1.82) is 0 Å². The fourth-order valence-electron chi connectivity index (χ4n) is 3.56. The Hall–Kier alpha value is -1.53. The summed E-state index contributed by atoms with van der Waals surface area (Å²) in [4.78, 5) is 12.2. The second kappa shape index (κ2) is 7.47. The number of allylic oxidation sites excluding steroid dienone is 3. The molecule has 1 heterocycles. The molecule has 2 nitrogen and oxygen atoms in total. The van der Waals surface area contributed by atoms with Gasteiger partial charge in [0.2, 0.25) is 0 Å². The first kappa shape index (κ1) is 15.9. The highest BCUT2D eigenvalue weighted by Gasteiger charge is 2.40. The molecule has 0 spiro atoms. The average Bonchev–Trinajstić information content (AvgIpc) is 2.52. The van der Waals surface area contributed by atoms with Crippen LogP contribution < -0.4 is 0 Å². The molecule has 1 aliphatic carbocycles. The molecule has 3 atom stereocenters. The van der Waals surface area contributed by atoms with E-state index >= 15 is 0 Å². The van der Waals surface area contributed by atoms with Crippen molar-refractivity contribution in [2.75, 3.05) is 6.61 Å². The van der Waals surface area contributed by atoms with E-state index in [1.165, 1.54) is 11.1 Å². The number of ether oxygens (including phenoxy) is 1. The molecule has 21 heavy (non-hydrogen) atoms. The Morgan fingerprint density at radius 2 is 2.29 bits per heavy atom. The number of carbonyl (C=O) groups excluding carboxylic acids is 1. The molecule has 0 N–H and O–H groups in total. The van der Waals surface area contributed by atoms with Crippen molar-refractivity contribution < 1.29 is 9.53 Å². The van der Waals surface area contributed by atoms with Gasteiger partial charge in [-0.3, -0.25) is 4.79 Å². The third-order valence-electron chi connectivity index (χ3n) is 4.86.